The molecule has 4 aliphatic rings. The van der Waals surface area contributed by atoms with E-state index in [1.54, 1.807) is 0 Å². The molecule has 132 valence electrons. The Morgan fingerprint density at radius 1 is 1.36 bits per heavy atom. The van der Waals surface area contributed by atoms with Crippen molar-refractivity contribution in [2.24, 2.45) is 17.3 Å². The van der Waals surface area contributed by atoms with Crippen molar-refractivity contribution < 1.29 is 14.1 Å². The topological polar surface area (TPSA) is 47.6 Å². The molecule has 0 unspecified atom stereocenters. The Bertz CT molecular complexity index is 746. The van der Waals surface area contributed by atoms with Crippen LogP contribution in [0.15, 0.2) is 30.9 Å². The number of anilines is 1. The Morgan fingerprint density at radius 2 is 2.12 bits per heavy atom. The molecule has 1 amide bonds. The van der Waals surface area contributed by atoms with Gasteiger partial charge < -0.3 is 14.6 Å². The second-order valence-corrected chi connectivity index (χ2v) is 8.53. The van der Waals surface area contributed by atoms with Crippen LogP contribution >= 0.6 is 0 Å². The van der Waals surface area contributed by atoms with E-state index in [4.69, 9.17) is 9.31 Å². The molecule has 0 spiro atoms. The summed E-state index contributed by atoms with van der Waals surface area (Å²) >= 11 is 0. The summed E-state index contributed by atoms with van der Waals surface area (Å²) in [5.74, 6) is 1.01. The van der Waals surface area contributed by atoms with Crippen molar-refractivity contribution in [2.75, 3.05) is 5.32 Å². The molecule has 0 aromatic heterocycles. The largest absolute Gasteiger partial charge is 0.497 e. The van der Waals surface area contributed by atoms with Gasteiger partial charge in [0.25, 0.3) is 0 Å². The van der Waals surface area contributed by atoms with E-state index in [0.29, 0.717) is 11.3 Å². The highest BCUT2D eigenvalue weighted by Crippen LogP contribution is 2.65. The smallest absolute Gasteiger partial charge is 0.401 e. The molecule has 1 aliphatic heterocycles. The van der Waals surface area contributed by atoms with Gasteiger partial charge in [0.1, 0.15) is 0 Å². The van der Waals surface area contributed by atoms with E-state index in [1.165, 1.54) is 12.5 Å². The molecule has 1 aromatic carbocycles. The van der Waals surface area contributed by atoms with Gasteiger partial charge in [0.05, 0.1) is 11.7 Å². The van der Waals surface area contributed by atoms with E-state index in [-0.39, 0.29) is 17.6 Å². The highest BCUT2D eigenvalue weighted by atomic mass is 16.7. The molecule has 1 heterocycles. The minimum absolute atomic E-state index is 0.122. The first-order valence-electron chi connectivity index (χ1n) is 9.13. The number of aryl methyl sites for hydroxylation is 1. The summed E-state index contributed by atoms with van der Waals surface area (Å²) in [6.07, 6.45) is 3.68. The Hall–Kier alpha value is -1.59. The number of amides is 1. The van der Waals surface area contributed by atoms with Crippen molar-refractivity contribution >= 4 is 24.2 Å². The van der Waals surface area contributed by atoms with Crippen molar-refractivity contribution in [3.8, 4) is 0 Å². The van der Waals surface area contributed by atoms with Gasteiger partial charge in [0.15, 0.2) is 0 Å². The molecular formula is C20H26BNO3. The molecule has 1 N–H and O–H groups in total. The van der Waals surface area contributed by atoms with Crippen molar-refractivity contribution in [3.05, 3.63) is 36.4 Å². The first kappa shape index (κ1) is 16.9. The molecule has 4 atom stereocenters. The molecule has 5 heteroatoms. The third kappa shape index (κ3) is 2.32. The lowest BCUT2D eigenvalue weighted by molar-refractivity contribution is -0.199. The van der Waals surface area contributed by atoms with E-state index >= 15 is 0 Å². The van der Waals surface area contributed by atoms with Crippen LogP contribution in [0, 0.1) is 24.2 Å². The predicted octanol–water partition coefficient (Wildman–Crippen LogP) is 3.05. The Balaban J connectivity index is 1.67. The fourth-order valence-corrected chi connectivity index (χ4v) is 5.28. The van der Waals surface area contributed by atoms with Gasteiger partial charge in [-0.2, -0.15) is 0 Å². The van der Waals surface area contributed by atoms with Gasteiger partial charge in [0.2, 0.25) is 5.91 Å². The number of nitrogens with one attached hydrogen (secondary N) is 1. The first-order chi connectivity index (χ1) is 11.8. The van der Waals surface area contributed by atoms with Crippen LogP contribution < -0.4 is 10.8 Å². The highest BCUT2D eigenvalue weighted by Gasteiger charge is 2.68. The minimum Gasteiger partial charge on any atom is -0.401 e. The summed E-state index contributed by atoms with van der Waals surface area (Å²) < 4.78 is 12.9. The molecule has 4 nitrogen and oxygen atoms in total. The average molecular weight is 339 g/mol. The fourth-order valence-electron chi connectivity index (χ4n) is 5.28. The molecule has 5 rings (SSSR count). The lowest BCUT2D eigenvalue weighted by atomic mass is 9.43. The Labute approximate surface area is 150 Å². The summed E-state index contributed by atoms with van der Waals surface area (Å²) in [7, 11) is -0.438. The molecule has 3 saturated carbocycles. The predicted molar refractivity (Wildman–Crippen MR) is 99.8 cm³/mol. The monoisotopic (exact) mass is 339 g/mol. The molecule has 1 aromatic rings. The van der Waals surface area contributed by atoms with Gasteiger partial charge in [-0.3, -0.25) is 4.79 Å². The first-order valence-corrected chi connectivity index (χ1v) is 9.13. The fraction of sp³-hybridized carbons (Fsp3) is 0.550. The maximum absolute atomic E-state index is 11.8. The van der Waals surface area contributed by atoms with E-state index in [2.05, 4.69) is 32.7 Å². The Kier molecular flexibility index (Phi) is 3.68. The van der Waals surface area contributed by atoms with Crippen LogP contribution in [0.4, 0.5) is 5.69 Å². The van der Waals surface area contributed by atoms with Crippen molar-refractivity contribution in [1.82, 2.24) is 0 Å². The van der Waals surface area contributed by atoms with Gasteiger partial charge >= 0.3 is 7.12 Å². The molecule has 3 aliphatic carbocycles. The van der Waals surface area contributed by atoms with Crippen LogP contribution in [0.1, 0.15) is 39.2 Å². The third-order valence-electron chi connectivity index (χ3n) is 6.95. The molecule has 1 saturated heterocycles. The van der Waals surface area contributed by atoms with Crippen molar-refractivity contribution in [3.63, 3.8) is 0 Å². The van der Waals surface area contributed by atoms with Crippen molar-refractivity contribution in [1.29, 1.82) is 0 Å². The molecule has 0 radical (unpaired) electrons. The van der Waals surface area contributed by atoms with Crippen molar-refractivity contribution in [2.45, 2.75) is 52.2 Å². The lowest BCUT2D eigenvalue weighted by Gasteiger charge is -2.64. The minimum atomic E-state index is -0.438. The van der Waals surface area contributed by atoms with Crippen LogP contribution in [0.2, 0.25) is 0 Å². The van der Waals surface area contributed by atoms with Crippen LogP contribution in [-0.2, 0) is 14.1 Å². The number of benzene rings is 1. The molecule has 2 bridgehead atoms. The summed E-state index contributed by atoms with van der Waals surface area (Å²) in [4.78, 5) is 11.8. The second kappa shape index (κ2) is 5.45. The average Bonchev–Trinajstić information content (AvgIpc) is 2.90. The summed E-state index contributed by atoms with van der Waals surface area (Å²) in [5, 5.41) is 2.89. The van der Waals surface area contributed by atoms with Gasteiger partial charge in [-0.1, -0.05) is 32.6 Å². The standard InChI is InChI=1S/C20H26BNO3/c1-6-17(23)22-14-9-7-8-12(2)18(14)21-24-16-11-13-10-15(19(13,3)4)20(16,5)25-21/h6-9,13,15-16H,1,10-11H2,2-5H3,(H,22,23)/t13-,15-,16+,20-/m0/s1. The molecular weight excluding hydrogens is 313 g/mol. The quantitative estimate of drug-likeness (QED) is 0.680. The number of hydrogen-bond acceptors (Lipinski definition) is 3. The number of carbonyl (C=O) groups excluding carboxylic acids is 1. The van der Waals surface area contributed by atoms with E-state index in [1.807, 2.05) is 25.1 Å². The third-order valence-corrected chi connectivity index (χ3v) is 6.95. The van der Waals surface area contributed by atoms with Crippen LogP contribution in [-0.4, -0.2) is 24.7 Å². The number of rotatable bonds is 3. The van der Waals surface area contributed by atoms with Crippen LogP contribution in [0.25, 0.3) is 0 Å². The lowest BCUT2D eigenvalue weighted by Crippen LogP contribution is -2.65. The molecule has 4 fully saturated rings. The number of carbonyl (C=O) groups is 1. The van der Waals surface area contributed by atoms with E-state index in [9.17, 15) is 4.79 Å². The second-order valence-electron chi connectivity index (χ2n) is 8.53. The number of hydrogen-bond donors (Lipinski definition) is 1. The van der Waals surface area contributed by atoms with Gasteiger partial charge in [-0.05, 0) is 61.6 Å². The van der Waals surface area contributed by atoms with Gasteiger partial charge in [-0.15, -0.1) is 0 Å². The zero-order chi connectivity index (χ0) is 18.0. The van der Waals surface area contributed by atoms with E-state index < -0.39 is 7.12 Å². The summed E-state index contributed by atoms with van der Waals surface area (Å²) in [6, 6.07) is 5.85. The highest BCUT2D eigenvalue weighted by molar-refractivity contribution is 6.64. The van der Waals surface area contributed by atoms with E-state index in [0.717, 1.165) is 29.1 Å². The van der Waals surface area contributed by atoms with Crippen LogP contribution in [0.3, 0.4) is 0 Å². The summed E-state index contributed by atoms with van der Waals surface area (Å²) in [6.45, 7) is 12.5. The summed E-state index contributed by atoms with van der Waals surface area (Å²) in [5.41, 5.74) is 2.77. The van der Waals surface area contributed by atoms with Gasteiger partial charge in [-0.25, -0.2) is 0 Å². The maximum Gasteiger partial charge on any atom is 0.497 e. The van der Waals surface area contributed by atoms with Gasteiger partial charge in [0, 0.05) is 11.2 Å². The SMILES string of the molecule is C=CC(=O)Nc1cccc(C)c1B1O[C@@H]2C[C@@H]3C[C@@H](C3(C)C)[C@]2(C)O1. The normalized spacial score (nSPS) is 34.9. The molecule has 25 heavy (non-hydrogen) atoms. The van der Waals surface area contributed by atoms with Crippen LogP contribution in [0.5, 0.6) is 0 Å². The zero-order valence-corrected chi connectivity index (χ0v) is 15.5. The maximum atomic E-state index is 11.8. The Morgan fingerprint density at radius 3 is 2.80 bits per heavy atom. The zero-order valence-electron chi connectivity index (χ0n) is 15.5.